The Bertz CT molecular complexity index is 1220. The summed E-state index contributed by atoms with van der Waals surface area (Å²) in [6.07, 6.45) is 7.02. The molecule has 168 valence electrons. The zero-order chi connectivity index (χ0) is 22.7. The van der Waals surface area contributed by atoms with Crippen LogP contribution >= 0.6 is 11.3 Å². The van der Waals surface area contributed by atoms with Gasteiger partial charge in [-0.05, 0) is 42.7 Å². The number of rotatable bonds is 7. The SMILES string of the molecule is COC(=O)C1(COc2ncc(-c3ccc(Nc4nc5ccccc5s4)cc3)cn2)CCCC1. The van der Waals surface area contributed by atoms with E-state index >= 15 is 0 Å². The molecular formula is C25H24N4O3S. The average molecular weight is 461 g/mol. The first-order chi connectivity index (χ1) is 16.1. The van der Waals surface area contributed by atoms with Gasteiger partial charge in [0.15, 0.2) is 5.13 Å². The Morgan fingerprint density at radius 2 is 1.76 bits per heavy atom. The second-order valence-corrected chi connectivity index (χ2v) is 9.24. The molecule has 33 heavy (non-hydrogen) atoms. The molecule has 2 heterocycles. The number of hydrogen-bond donors (Lipinski definition) is 1. The van der Waals surface area contributed by atoms with Gasteiger partial charge in [0, 0.05) is 23.6 Å². The summed E-state index contributed by atoms with van der Waals surface area (Å²) in [6.45, 7) is 0.241. The fourth-order valence-electron chi connectivity index (χ4n) is 4.21. The minimum Gasteiger partial charge on any atom is -0.468 e. The molecule has 5 rings (SSSR count). The summed E-state index contributed by atoms with van der Waals surface area (Å²) in [7, 11) is 1.42. The standard InChI is InChI=1S/C25H24N4O3S/c1-31-22(30)25(12-4-5-13-25)16-32-23-26-14-18(15-27-23)17-8-10-19(11-9-17)28-24-29-20-6-2-3-7-21(20)33-24/h2-3,6-11,14-15H,4-5,12-13,16H2,1H3,(H,28,29). The molecule has 1 aliphatic carbocycles. The minimum atomic E-state index is -0.580. The van der Waals surface area contributed by atoms with E-state index in [2.05, 4.69) is 26.3 Å². The Morgan fingerprint density at radius 3 is 2.45 bits per heavy atom. The largest absolute Gasteiger partial charge is 0.468 e. The molecule has 0 spiro atoms. The molecular weight excluding hydrogens is 436 g/mol. The number of carbonyl (C=O) groups is 1. The van der Waals surface area contributed by atoms with E-state index < -0.39 is 5.41 Å². The molecule has 8 heteroatoms. The number of nitrogens with zero attached hydrogens (tertiary/aromatic N) is 3. The summed E-state index contributed by atoms with van der Waals surface area (Å²) in [5.41, 5.74) is 3.26. The molecule has 7 nitrogen and oxygen atoms in total. The molecule has 1 aliphatic rings. The Morgan fingerprint density at radius 1 is 1.03 bits per heavy atom. The van der Waals surface area contributed by atoms with Crippen molar-refractivity contribution in [2.45, 2.75) is 25.7 Å². The summed E-state index contributed by atoms with van der Waals surface area (Å²) in [5, 5.41) is 4.22. The van der Waals surface area contributed by atoms with Crippen molar-refractivity contribution in [3.8, 4) is 17.1 Å². The molecule has 0 saturated heterocycles. The van der Waals surface area contributed by atoms with Gasteiger partial charge in [-0.25, -0.2) is 15.0 Å². The number of para-hydroxylation sites is 1. The van der Waals surface area contributed by atoms with Crippen LogP contribution in [-0.2, 0) is 9.53 Å². The number of benzene rings is 2. The van der Waals surface area contributed by atoms with Crippen molar-refractivity contribution in [2.24, 2.45) is 5.41 Å². The number of ether oxygens (including phenoxy) is 2. The van der Waals surface area contributed by atoms with Gasteiger partial charge in [0.05, 0.1) is 17.3 Å². The lowest BCUT2D eigenvalue weighted by Gasteiger charge is -2.24. The molecule has 1 N–H and O–H groups in total. The molecule has 2 aromatic carbocycles. The van der Waals surface area contributed by atoms with Gasteiger partial charge in [0.1, 0.15) is 12.0 Å². The molecule has 0 amide bonds. The summed E-state index contributed by atoms with van der Waals surface area (Å²) in [4.78, 5) is 25.5. The highest BCUT2D eigenvalue weighted by atomic mass is 32.1. The summed E-state index contributed by atoms with van der Waals surface area (Å²) in [6, 6.07) is 16.4. The van der Waals surface area contributed by atoms with E-state index in [4.69, 9.17) is 9.47 Å². The topological polar surface area (TPSA) is 86.2 Å². The number of thiazole rings is 1. The maximum absolute atomic E-state index is 12.2. The number of carbonyl (C=O) groups excluding carboxylic acids is 1. The Hall–Kier alpha value is -3.52. The molecule has 0 radical (unpaired) electrons. The highest BCUT2D eigenvalue weighted by molar-refractivity contribution is 7.22. The molecule has 0 unspecified atom stereocenters. The van der Waals surface area contributed by atoms with Crippen LogP contribution in [0.2, 0.25) is 0 Å². The van der Waals surface area contributed by atoms with Gasteiger partial charge < -0.3 is 14.8 Å². The number of hydrogen-bond acceptors (Lipinski definition) is 8. The smallest absolute Gasteiger partial charge is 0.316 e. The molecule has 0 bridgehead atoms. The second-order valence-electron chi connectivity index (χ2n) is 8.21. The fourth-order valence-corrected chi connectivity index (χ4v) is 5.10. The van der Waals surface area contributed by atoms with Crippen LogP contribution in [-0.4, -0.2) is 34.6 Å². The average Bonchev–Trinajstić information content (AvgIpc) is 3.50. The maximum Gasteiger partial charge on any atom is 0.316 e. The van der Waals surface area contributed by atoms with Gasteiger partial charge in [-0.1, -0.05) is 48.4 Å². The lowest BCUT2D eigenvalue weighted by molar-refractivity contribution is -0.154. The van der Waals surface area contributed by atoms with E-state index in [1.165, 1.54) is 7.11 Å². The van der Waals surface area contributed by atoms with Gasteiger partial charge in [-0.15, -0.1) is 0 Å². The van der Waals surface area contributed by atoms with E-state index in [1.807, 2.05) is 42.5 Å². The minimum absolute atomic E-state index is 0.212. The molecule has 0 atom stereocenters. The number of aromatic nitrogens is 3. The summed E-state index contributed by atoms with van der Waals surface area (Å²) >= 11 is 1.63. The number of anilines is 2. The summed E-state index contributed by atoms with van der Waals surface area (Å²) < 4.78 is 11.9. The van der Waals surface area contributed by atoms with Crippen LogP contribution in [0.5, 0.6) is 6.01 Å². The normalized spacial score (nSPS) is 14.8. The monoisotopic (exact) mass is 460 g/mol. The first-order valence-corrected chi connectivity index (χ1v) is 11.7. The van der Waals surface area contributed by atoms with Gasteiger partial charge in [0.2, 0.25) is 0 Å². The van der Waals surface area contributed by atoms with Crippen LogP contribution in [0, 0.1) is 5.41 Å². The second kappa shape index (κ2) is 9.15. The van der Waals surface area contributed by atoms with E-state index in [1.54, 1.807) is 23.7 Å². The van der Waals surface area contributed by atoms with Gasteiger partial charge in [-0.2, -0.15) is 0 Å². The van der Waals surface area contributed by atoms with Gasteiger partial charge >= 0.3 is 12.0 Å². The van der Waals surface area contributed by atoms with Crippen molar-refractivity contribution in [2.75, 3.05) is 19.0 Å². The van der Waals surface area contributed by atoms with E-state index in [-0.39, 0.29) is 18.6 Å². The van der Waals surface area contributed by atoms with Crippen LogP contribution in [0.1, 0.15) is 25.7 Å². The van der Waals surface area contributed by atoms with Gasteiger partial charge in [-0.3, -0.25) is 4.79 Å². The predicted octanol–water partition coefficient (Wildman–Crippen LogP) is 5.61. The van der Waals surface area contributed by atoms with Crippen molar-refractivity contribution in [1.82, 2.24) is 15.0 Å². The number of nitrogens with one attached hydrogen (secondary N) is 1. The highest BCUT2D eigenvalue weighted by Crippen LogP contribution is 2.39. The number of methoxy groups -OCH3 is 1. The van der Waals surface area contributed by atoms with Crippen molar-refractivity contribution < 1.29 is 14.3 Å². The van der Waals surface area contributed by atoms with E-state index in [0.717, 1.165) is 57.8 Å². The van der Waals surface area contributed by atoms with Crippen molar-refractivity contribution in [3.05, 3.63) is 60.9 Å². The molecule has 2 aromatic heterocycles. The third-order valence-electron chi connectivity index (χ3n) is 6.05. The van der Waals surface area contributed by atoms with Crippen LogP contribution in [0.4, 0.5) is 10.8 Å². The molecule has 1 saturated carbocycles. The highest BCUT2D eigenvalue weighted by Gasteiger charge is 2.43. The lowest BCUT2D eigenvalue weighted by atomic mass is 9.87. The Labute approximate surface area is 195 Å². The first-order valence-electron chi connectivity index (χ1n) is 10.9. The quantitative estimate of drug-likeness (QED) is 0.359. The fraction of sp³-hybridized carbons (Fsp3) is 0.280. The first kappa shape index (κ1) is 21.3. The number of fused-ring (bicyclic) bond motifs is 1. The van der Waals surface area contributed by atoms with E-state index in [9.17, 15) is 4.79 Å². The maximum atomic E-state index is 12.2. The van der Waals surface area contributed by atoms with Crippen LogP contribution in [0.25, 0.3) is 21.3 Å². The zero-order valence-electron chi connectivity index (χ0n) is 18.3. The van der Waals surface area contributed by atoms with Crippen LogP contribution < -0.4 is 10.1 Å². The lowest BCUT2D eigenvalue weighted by Crippen LogP contribution is -2.35. The molecule has 1 fully saturated rings. The molecule has 0 aliphatic heterocycles. The third kappa shape index (κ3) is 4.52. The van der Waals surface area contributed by atoms with Crippen LogP contribution in [0.3, 0.4) is 0 Å². The third-order valence-corrected chi connectivity index (χ3v) is 7.00. The van der Waals surface area contributed by atoms with Crippen molar-refractivity contribution in [3.63, 3.8) is 0 Å². The van der Waals surface area contributed by atoms with E-state index in [0.29, 0.717) is 0 Å². The Kier molecular flexibility index (Phi) is 5.92. The zero-order valence-corrected chi connectivity index (χ0v) is 19.1. The van der Waals surface area contributed by atoms with Crippen molar-refractivity contribution >= 4 is 38.3 Å². The predicted molar refractivity (Wildman–Crippen MR) is 129 cm³/mol. The summed E-state index contributed by atoms with van der Waals surface area (Å²) in [5.74, 6) is -0.212. The van der Waals surface area contributed by atoms with Crippen LogP contribution in [0.15, 0.2) is 60.9 Å². The molecule has 4 aromatic rings. The number of esters is 1. The van der Waals surface area contributed by atoms with Gasteiger partial charge in [0.25, 0.3) is 0 Å². The Balaban J connectivity index is 1.23. The van der Waals surface area contributed by atoms with Crippen molar-refractivity contribution in [1.29, 1.82) is 0 Å².